The van der Waals surface area contributed by atoms with Gasteiger partial charge in [-0.1, -0.05) is 6.07 Å². The summed E-state index contributed by atoms with van der Waals surface area (Å²) < 4.78 is 12.0. The molecule has 2 heterocycles. The summed E-state index contributed by atoms with van der Waals surface area (Å²) in [4.78, 5) is 12.1. The Morgan fingerprint density at radius 2 is 2.16 bits per heavy atom. The SMILES string of the molecule is COc1cccc(OC[C@@H](O)CNC(=O)c2ccc3nnnn3c2)c1. The van der Waals surface area contributed by atoms with Gasteiger partial charge in [0.2, 0.25) is 0 Å². The van der Waals surface area contributed by atoms with Crippen molar-refractivity contribution in [3.05, 3.63) is 48.2 Å². The van der Waals surface area contributed by atoms with Crippen LogP contribution in [0.25, 0.3) is 5.65 Å². The maximum Gasteiger partial charge on any atom is 0.252 e. The third-order valence-electron chi connectivity index (χ3n) is 3.44. The van der Waals surface area contributed by atoms with Gasteiger partial charge < -0.3 is 19.9 Å². The normalized spacial score (nSPS) is 11.9. The molecule has 9 heteroatoms. The minimum absolute atomic E-state index is 0.0411. The molecule has 3 rings (SSSR count). The van der Waals surface area contributed by atoms with E-state index in [1.165, 1.54) is 10.7 Å². The molecule has 9 nitrogen and oxygen atoms in total. The molecule has 1 atom stereocenters. The summed E-state index contributed by atoms with van der Waals surface area (Å²) in [7, 11) is 1.57. The summed E-state index contributed by atoms with van der Waals surface area (Å²) in [5, 5.41) is 23.6. The summed E-state index contributed by atoms with van der Waals surface area (Å²) in [5.41, 5.74) is 0.934. The summed E-state index contributed by atoms with van der Waals surface area (Å²) in [6.45, 7) is 0.0932. The molecule has 130 valence electrons. The molecule has 1 amide bonds. The third-order valence-corrected chi connectivity index (χ3v) is 3.44. The van der Waals surface area contributed by atoms with Crippen molar-refractivity contribution in [2.45, 2.75) is 6.10 Å². The van der Waals surface area contributed by atoms with Crippen LogP contribution in [0.2, 0.25) is 0 Å². The number of methoxy groups -OCH3 is 1. The lowest BCUT2D eigenvalue weighted by atomic mass is 10.2. The third kappa shape index (κ3) is 4.21. The molecule has 0 fully saturated rings. The summed E-state index contributed by atoms with van der Waals surface area (Å²) >= 11 is 0. The molecule has 0 saturated carbocycles. The Labute approximate surface area is 143 Å². The van der Waals surface area contributed by atoms with Crippen molar-refractivity contribution in [1.82, 2.24) is 25.4 Å². The highest BCUT2D eigenvalue weighted by molar-refractivity contribution is 5.94. The van der Waals surface area contributed by atoms with E-state index in [4.69, 9.17) is 9.47 Å². The Balaban J connectivity index is 1.49. The number of nitrogens with zero attached hydrogens (tertiary/aromatic N) is 4. The van der Waals surface area contributed by atoms with Gasteiger partial charge >= 0.3 is 0 Å². The number of pyridine rings is 1. The zero-order chi connectivity index (χ0) is 17.6. The Morgan fingerprint density at radius 3 is 3.00 bits per heavy atom. The fraction of sp³-hybridized carbons (Fsp3) is 0.250. The quantitative estimate of drug-likeness (QED) is 0.635. The number of carbonyl (C=O) groups is 1. The van der Waals surface area contributed by atoms with E-state index in [1.54, 1.807) is 43.5 Å². The summed E-state index contributed by atoms with van der Waals surface area (Å²) in [6, 6.07) is 10.3. The second-order valence-electron chi connectivity index (χ2n) is 5.25. The standard InChI is InChI=1S/C16H17N5O4/c1-24-13-3-2-4-14(7-13)25-10-12(22)8-17-16(23)11-5-6-15-18-19-20-21(15)9-11/h2-7,9,12,22H,8,10H2,1H3,(H,17,23)/t12-/m0/s1. The van der Waals surface area contributed by atoms with Crippen LogP contribution in [0.3, 0.4) is 0 Å². The summed E-state index contributed by atoms with van der Waals surface area (Å²) in [6.07, 6.45) is 0.663. The van der Waals surface area contributed by atoms with Gasteiger partial charge in [-0.3, -0.25) is 4.79 Å². The lowest BCUT2D eigenvalue weighted by molar-refractivity contribution is 0.0843. The zero-order valence-corrected chi connectivity index (χ0v) is 13.5. The van der Waals surface area contributed by atoms with Crippen LogP contribution in [-0.2, 0) is 0 Å². The molecule has 0 aliphatic heterocycles. The molecular formula is C16H17N5O4. The molecule has 0 aliphatic rings. The number of aliphatic hydroxyl groups is 1. The molecule has 0 aliphatic carbocycles. The average molecular weight is 343 g/mol. The number of benzene rings is 1. The van der Waals surface area contributed by atoms with Crippen LogP contribution in [0, 0.1) is 0 Å². The van der Waals surface area contributed by atoms with E-state index >= 15 is 0 Å². The van der Waals surface area contributed by atoms with Crippen molar-refractivity contribution in [3.63, 3.8) is 0 Å². The fourth-order valence-corrected chi connectivity index (χ4v) is 2.13. The molecule has 0 radical (unpaired) electrons. The predicted octanol–water partition coefficient (Wildman–Crippen LogP) is 0.303. The fourth-order valence-electron chi connectivity index (χ4n) is 2.13. The van der Waals surface area contributed by atoms with E-state index in [0.29, 0.717) is 22.7 Å². The van der Waals surface area contributed by atoms with Gasteiger partial charge in [0.1, 0.15) is 24.2 Å². The van der Waals surface area contributed by atoms with Gasteiger partial charge in [0.05, 0.1) is 12.7 Å². The number of hydrogen-bond acceptors (Lipinski definition) is 7. The van der Waals surface area contributed by atoms with Crippen molar-refractivity contribution in [2.24, 2.45) is 0 Å². The first-order valence-electron chi connectivity index (χ1n) is 7.56. The first kappa shape index (κ1) is 16.7. The largest absolute Gasteiger partial charge is 0.497 e. The minimum Gasteiger partial charge on any atom is -0.497 e. The number of tetrazole rings is 1. The minimum atomic E-state index is -0.855. The Morgan fingerprint density at radius 1 is 1.32 bits per heavy atom. The van der Waals surface area contributed by atoms with Crippen molar-refractivity contribution >= 4 is 11.6 Å². The van der Waals surface area contributed by atoms with Gasteiger partial charge in [-0.15, -0.1) is 5.10 Å². The zero-order valence-electron chi connectivity index (χ0n) is 13.5. The van der Waals surface area contributed by atoms with Crippen molar-refractivity contribution in [3.8, 4) is 11.5 Å². The van der Waals surface area contributed by atoms with Crippen LogP contribution in [0.1, 0.15) is 10.4 Å². The maximum atomic E-state index is 12.1. The van der Waals surface area contributed by atoms with Crippen molar-refractivity contribution in [1.29, 1.82) is 0 Å². The van der Waals surface area contributed by atoms with Gasteiger partial charge in [-0.2, -0.15) is 4.52 Å². The molecule has 0 unspecified atom stereocenters. The number of rotatable bonds is 7. The number of carbonyl (C=O) groups excluding carboxylic acids is 1. The molecule has 1 aromatic carbocycles. The van der Waals surface area contributed by atoms with Crippen molar-refractivity contribution in [2.75, 3.05) is 20.3 Å². The second kappa shape index (κ2) is 7.58. The Kier molecular flexibility index (Phi) is 5.05. The van der Waals surface area contributed by atoms with E-state index in [9.17, 15) is 9.90 Å². The number of fused-ring (bicyclic) bond motifs is 1. The van der Waals surface area contributed by atoms with E-state index in [2.05, 4.69) is 20.8 Å². The number of hydrogen-bond donors (Lipinski definition) is 2. The molecule has 3 aromatic rings. The Bertz CT molecular complexity index is 866. The number of aromatic nitrogens is 4. The topological polar surface area (TPSA) is 111 Å². The average Bonchev–Trinajstić information content (AvgIpc) is 3.12. The van der Waals surface area contributed by atoms with Gasteiger partial charge in [0.15, 0.2) is 5.65 Å². The van der Waals surface area contributed by atoms with Crippen LogP contribution in [0.5, 0.6) is 11.5 Å². The van der Waals surface area contributed by atoms with Crippen LogP contribution in [0.15, 0.2) is 42.6 Å². The lowest BCUT2D eigenvalue weighted by Gasteiger charge is -2.13. The highest BCUT2D eigenvalue weighted by Crippen LogP contribution is 2.18. The predicted molar refractivity (Wildman–Crippen MR) is 87.6 cm³/mol. The van der Waals surface area contributed by atoms with Crippen LogP contribution in [-0.4, -0.2) is 57.4 Å². The summed E-state index contributed by atoms with van der Waals surface area (Å²) in [5.74, 6) is 0.907. The van der Waals surface area contributed by atoms with Gasteiger partial charge in [0.25, 0.3) is 5.91 Å². The first-order valence-corrected chi connectivity index (χ1v) is 7.56. The number of aliphatic hydroxyl groups excluding tert-OH is 1. The smallest absolute Gasteiger partial charge is 0.252 e. The molecule has 25 heavy (non-hydrogen) atoms. The van der Waals surface area contributed by atoms with Crippen LogP contribution >= 0.6 is 0 Å². The molecule has 0 saturated heterocycles. The van der Waals surface area contributed by atoms with Crippen LogP contribution < -0.4 is 14.8 Å². The van der Waals surface area contributed by atoms with Gasteiger partial charge in [-0.25, -0.2) is 0 Å². The molecule has 2 aromatic heterocycles. The van der Waals surface area contributed by atoms with Gasteiger partial charge in [-0.05, 0) is 34.7 Å². The molecular weight excluding hydrogens is 326 g/mol. The first-order chi connectivity index (χ1) is 12.2. The van der Waals surface area contributed by atoms with Gasteiger partial charge in [0, 0.05) is 18.8 Å². The molecule has 0 spiro atoms. The number of amides is 1. The van der Waals surface area contributed by atoms with E-state index < -0.39 is 6.10 Å². The number of ether oxygens (including phenoxy) is 2. The van der Waals surface area contributed by atoms with E-state index in [0.717, 1.165) is 0 Å². The second-order valence-corrected chi connectivity index (χ2v) is 5.25. The Hall–Kier alpha value is -3.20. The monoisotopic (exact) mass is 343 g/mol. The van der Waals surface area contributed by atoms with Crippen molar-refractivity contribution < 1.29 is 19.4 Å². The molecule has 2 N–H and O–H groups in total. The molecule has 0 bridgehead atoms. The lowest BCUT2D eigenvalue weighted by Crippen LogP contribution is -2.35. The van der Waals surface area contributed by atoms with Crippen LogP contribution in [0.4, 0.5) is 0 Å². The van der Waals surface area contributed by atoms with E-state index in [1.807, 2.05) is 0 Å². The highest BCUT2D eigenvalue weighted by Gasteiger charge is 2.11. The highest BCUT2D eigenvalue weighted by atomic mass is 16.5. The maximum absolute atomic E-state index is 12.1. The van der Waals surface area contributed by atoms with E-state index in [-0.39, 0.29) is 19.1 Å². The number of nitrogens with one attached hydrogen (secondary N) is 1.